The SMILES string of the molecule is CC(CCCl)S(=O)(=O)c1ccc(C(F)(F)F)cc1. The summed E-state index contributed by atoms with van der Waals surface area (Å²) in [7, 11) is -3.62. The molecule has 1 atom stereocenters. The minimum absolute atomic E-state index is 0.117. The second-order valence-electron chi connectivity index (χ2n) is 3.86. The molecule has 0 aromatic heterocycles. The normalized spacial score (nSPS) is 14.5. The van der Waals surface area contributed by atoms with Crippen molar-refractivity contribution in [3.8, 4) is 0 Å². The smallest absolute Gasteiger partial charge is 0.223 e. The summed E-state index contributed by atoms with van der Waals surface area (Å²) in [5.41, 5.74) is -0.869. The van der Waals surface area contributed by atoms with Gasteiger partial charge in [-0.3, -0.25) is 0 Å². The highest BCUT2D eigenvalue weighted by atomic mass is 35.5. The van der Waals surface area contributed by atoms with Gasteiger partial charge in [-0.05, 0) is 37.6 Å². The zero-order valence-corrected chi connectivity index (χ0v) is 11.1. The maximum Gasteiger partial charge on any atom is 0.416 e. The van der Waals surface area contributed by atoms with E-state index in [0.717, 1.165) is 24.3 Å². The minimum atomic E-state index is -4.47. The molecule has 18 heavy (non-hydrogen) atoms. The summed E-state index contributed by atoms with van der Waals surface area (Å²) >= 11 is 5.46. The third-order valence-corrected chi connectivity index (χ3v) is 5.00. The molecule has 7 heteroatoms. The highest BCUT2D eigenvalue weighted by Gasteiger charge is 2.31. The van der Waals surface area contributed by atoms with Crippen molar-refractivity contribution >= 4 is 21.4 Å². The van der Waals surface area contributed by atoms with Crippen LogP contribution >= 0.6 is 11.6 Å². The molecule has 0 amide bonds. The number of halogens is 4. The lowest BCUT2D eigenvalue weighted by Gasteiger charge is -2.12. The molecule has 1 aromatic rings. The van der Waals surface area contributed by atoms with Gasteiger partial charge >= 0.3 is 6.18 Å². The molecule has 0 aliphatic rings. The van der Waals surface area contributed by atoms with E-state index in [1.807, 2.05) is 0 Å². The van der Waals surface area contributed by atoms with Crippen molar-refractivity contribution in [3.05, 3.63) is 29.8 Å². The number of hydrogen-bond acceptors (Lipinski definition) is 2. The molecule has 2 nitrogen and oxygen atoms in total. The molecule has 1 rings (SSSR count). The molecule has 102 valence electrons. The first kappa shape index (κ1) is 15.3. The van der Waals surface area contributed by atoms with Gasteiger partial charge in [-0.15, -0.1) is 11.6 Å². The van der Waals surface area contributed by atoms with Gasteiger partial charge in [-0.1, -0.05) is 0 Å². The van der Waals surface area contributed by atoms with Crippen LogP contribution in [0.25, 0.3) is 0 Å². The van der Waals surface area contributed by atoms with Crippen LogP contribution in [0.3, 0.4) is 0 Å². The first-order chi connectivity index (χ1) is 8.19. The quantitative estimate of drug-likeness (QED) is 0.798. The monoisotopic (exact) mass is 300 g/mol. The summed E-state index contributed by atoms with van der Waals surface area (Å²) in [6.07, 6.45) is -4.21. The van der Waals surface area contributed by atoms with Crippen molar-refractivity contribution in [2.75, 3.05) is 5.88 Å². The average Bonchev–Trinajstić information content (AvgIpc) is 2.28. The van der Waals surface area contributed by atoms with Crippen LogP contribution in [0.5, 0.6) is 0 Å². The average molecular weight is 301 g/mol. The molecular formula is C11H12ClF3O2S. The number of alkyl halides is 4. The van der Waals surface area contributed by atoms with Gasteiger partial charge in [0.1, 0.15) is 0 Å². The van der Waals surface area contributed by atoms with Crippen LogP contribution in [0.1, 0.15) is 18.9 Å². The van der Waals surface area contributed by atoms with Crippen LogP contribution in [-0.2, 0) is 16.0 Å². The lowest BCUT2D eigenvalue weighted by atomic mass is 10.2. The van der Waals surface area contributed by atoms with Crippen LogP contribution in [-0.4, -0.2) is 19.5 Å². The Hall–Kier alpha value is -0.750. The van der Waals surface area contributed by atoms with Gasteiger partial charge in [0.2, 0.25) is 0 Å². The van der Waals surface area contributed by atoms with Gasteiger partial charge in [-0.2, -0.15) is 13.2 Å². The first-order valence-electron chi connectivity index (χ1n) is 5.16. The van der Waals surface area contributed by atoms with Crippen molar-refractivity contribution in [2.45, 2.75) is 29.7 Å². The van der Waals surface area contributed by atoms with E-state index in [4.69, 9.17) is 11.6 Å². The van der Waals surface area contributed by atoms with Crippen LogP contribution in [0, 0.1) is 0 Å². The molecule has 0 aliphatic carbocycles. The molecule has 0 saturated carbocycles. The maximum atomic E-state index is 12.3. The second kappa shape index (κ2) is 5.48. The lowest BCUT2D eigenvalue weighted by Crippen LogP contribution is -2.18. The van der Waals surface area contributed by atoms with Crippen LogP contribution in [0.2, 0.25) is 0 Å². The number of rotatable bonds is 4. The lowest BCUT2D eigenvalue weighted by molar-refractivity contribution is -0.137. The molecule has 0 bridgehead atoms. The Kier molecular flexibility index (Phi) is 4.66. The van der Waals surface area contributed by atoms with E-state index in [1.165, 1.54) is 6.92 Å². The van der Waals surface area contributed by atoms with Gasteiger partial charge in [0, 0.05) is 5.88 Å². The van der Waals surface area contributed by atoms with Crippen molar-refractivity contribution in [1.29, 1.82) is 0 Å². The molecule has 0 fully saturated rings. The summed E-state index contributed by atoms with van der Waals surface area (Å²) < 4.78 is 60.9. The van der Waals surface area contributed by atoms with Crippen LogP contribution < -0.4 is 0 Å². The summed E-state index contributed by atoms with van der Waals surface area (Å²) in [6, 6.07) is 3.48. The molecule has 0 saturated heterocycles. The summed E-state index contributed by atoms with van der Waals surface area (Å²) in [5, 5.41) is -0.716. The largest absolute Gasteiger partial charge is 0.416 e. The highest BCUT2D eigenvalue weighted by Crippen LogP contribution is 2.30. The molecule has 1 aromatic carbocycles. The van der Waals surface area contributed by atoms with E-state index < -0.39 is 26.8 Å². The van der Waals surface area contributed by atoms with E-state index >= 15 is 0 Å². The third-order valence-electron chi connectivity index (χ3n) is 2.56. The zero-order chi connectivity index (χ0) is 14.0. The van der Waals surface area contributed by atoms with Crippen LogP contribution in [0.4, 0.5) is 13.2 Å². The van der Waals surface area contributed by atoms with Gasteiger partial charge < -0.3 is 0 Å². The summed E-state index contributed by atoms with van der Waals surface area (Å²) in [5.74, 6) is 0.182. The zero-order valence-electron chi connectivity index (χ0n) is 9.54. The summed E-state index contributed by atoms with van der Waals surface area (Å²) in [4.78, 5) is -0.117. The second-order valence-corrected chi connectivity index (χ2v) is 6.60. The molecule has 0 heterocycles. The van der Waals surface area contributed by atoms with Gasteiger partial charge in [0.05, 0.1) is 15.7 Å². The molecule has 1 unspecified atom stereocenters. The Morgan fingerprint density at radius 3 is 2.11 bits per heavy atom. The Bertz CT molecular complexity index is 494. The van der Waals surface area contributed by atoms with Gasteiger partial charge in [0.15, 0.2) is 9.84 Å². The Morgan fingerprint density at radius 1 is 1.22 bits per heavy atom. The molecular weight excluding hydrogens is 289 g/mol. The van der Waals surface area contributed by atoms with E-state index in [9.17, 15) is 21.6 Å². The topological polar surface area (TPSA) is 34.1 Å². The van der Waals surface area contributed by atoms with E-state index in [1.54, 1.807) is 0 Å². The Labute approximate surface area is 109 Å². The van der Waals surface area contributed by atoms with Crippen LogP contribution in [0.15, 0.2) is 29.2 Å². The van der Waals surface area contributed by atoms with Crippen molar-refractivity contribution in [2.24, 2.45) is 0 Å². The highest BCUT2D eigenvalue weighted by molar-refractivity contribution is 7.92. The first-order valence-corrected chi connectivity index (χ1v) is 7.25. The van der Waals surface area contributed by atoms with Crippen molar-refractivity contribution < 1.29 is 21.6 Å². The fourth-order valence-electron chi connectivity index (χ4n) is 1.37. The van der Waals surface area contributed by atoms with Gasteiger partial charge in [0.25, 0.3) is 0 Å². The minimum Gasteiger partial charge on any atom is -0.223 e. The fourth-order valence-corrected chi connectivity index (χ4v) is 3.24. The Morgan fingerprint density at radius 2 is 1.72 bits per heavy atom. The van der Waals surface area contributed by atoms with Crippen molar-refractivity contribution in [1.82, 2.24) is 0 Å². The van der Waals surface area contributed by atoms with E-state index in [-0.39, 0.29) is 17.2 Å². The fraction of sp³-hybridized carbons (Fsp3) is 0.455. The Balaban J connectivity index is 3.05. The predicted octanol–water partition coefficient (Wildman–Crippen LogP) is 3.50. The number of sulfone groups is 1. The van der Waals surface area contributed by atoms with Crippen molar-refractivity contribution in [3.63, 3.8) is 0 Å². The summed E-state index contributed by atoms with van der Waals surface area (Å²) in [6.45, 7) is 1.48. The van der Waals surface area contributed by atoms with E-state index in [0.29, 0.717) is 0 Å². The third kappa shape index (κ3) is 3.38. The van der Waals surface area contributed by atoms with E-state index in [2.05, 4.69) is 0 Å². The standard InChI is InChI=1S/C11H12ClF3O2S/c1-8(6-7-12)18(16,17)10-4-2-9(3-5-10)11(13,14)15/h2-5,8H,6-7H2,1H3. The molecule has 0 aliphatic heterocycles. The molecule has 0 N–H and O–H groups in total. The van der Waals surface area contributed by atoms with Gasteiger partial charge in [-0.25, -0.2) is 8.42 Å². The predicted molar refractivity (Wildman–Crippen MR) is 63.4 cm³/mol. The molecule has 0 radical (unpaired) electrons. The molecule has 0 spiro atoms. The number of benzene rings is 1. The maximum absolute atomic E-state index is 12.3. The number of hydrogen-bond donors (Lipinski definition) is 0.